The maximum Gasteiger partial charge on any atom is 0.257 e. The lowest BCUT2D eigenvalue weighted by atomic mass is 10.3. The van der Waals surface area contributed by atoms with Gasteiger partial charge in [0.1, 0.15) is 6.29 Å². The maximum absolute atomic E-state index is 11.7. The van der Waals surface area contributed by atoms with Crippen LogP contribution in [0.5, 0.6) is 0 Å². The van der Waals surface area contributed by atoms with Crippen molar-refractivity contribution in [1.82, 2.24) is 15.1 Å². The van der Waals surface area contributed by atoms with E-state index in [0.29, 0.717) is 6.29 Å². The Hall–Kier alpha value is -1.20. The normalized spacial score (nSPS) is 9.80. The van der Waals surface area contributed by atoms with Gasteiger partial charge in [-0.25, -0.2) is 0 Å². The molecule has 0 saturated carbocycles. The van der Waals surface area contributed by atoms with E-state index < -0.39 is 5.91 Å². The highest BCUT2D eigenvalue weighted by atomic mass is 35.5. The Morgan fingerprint density at radius 1 is 1.53 bits per heavy atom. The van der Waals surface area contributed by atoms with Crippen LogP contribution in [0.15, 0.2) is 6.07 Å². The predicted molar refractivity (Wildman–Crippen MR) is 55.1 cm³/mol. The lowest BCUT2D eigenvalue weighted by molar-refractivity contribution is -0.108. The molecule has 0 bridgehead atoms. The van der Waals surface area contributed by atoms with Crippen LogP contribution in [0.4, 0.5) is 0 Å². The van der Waals surface area contributed by atoms with Crippen molar-refractivity contribution in [3.05, 3.63) is 21.9 Å². The molecule has 0 aromatic carbocycles. The molecule has 0 N–H and O–H groups in total. The Bertz CT molecular complexity index is 397. The van der Waals surface area contributed by atoms with Crippen LogP contribution >= 0.6 is 23.2 Å². The lowest BCUT2D eigenvalue weighted by Gasteiger charge is -2.13. The zero-order valence-corrected chi connectivity index (χ0v) is 9.29. The summed E-state index contributed by atoms with van der Waals surface area (Å²) in [5, 5.41) is 6.99. The number of nitrogens with zero attached hydrogens (tertiary/aromatic N) is 3. The van der Waals surface area contributed by atoms with E-state index in [1.165, 1.54) is 18.0 Å². The molecule has 15 heavy (non-hydrogen) atoms. The summed E-state index contributed by atoms with van der Waals surface area (Å²) in [6.45, 7) is -0.0187. The molecule has 0 fully saturated rings. The number of halogens is 2. The predicted octanol–water partition coefficient (Wildman–Crippen LogP) is 1.05. The highest BCUT2D eigenvalue weighted by molar-refractivity contribution is 6.34. The van der Waals surface area contributed by atoms with Gasteiger partial charge in [0.15, 0.2) is 10.3 Å². The summed E-state index contributed by atoms with van der Waals surface area (Å²) in [5.41, 5.74) is 0.126. The number of likely N-dealkylation sites (N-methyl/N-ethyl adjacent to an activating group) is 1. The smallest absolute Gasteiger partial charge is 0.257 e. The van der Waals surface area contributed by atoms with Crippen molar-refractivity contribution in [2.24, 2.45) is 0 Å². The molecule has 7 heteroatoms. The number of hydrogen-bond acceptors (Lipinski definition) is 4. The Morgan fingerprint density at radius 3 is 2.80 bits per heavy atom. The van der Waals surface area contributed by atoms with Crippen molar-refractivity contribution in [3.8, 4) is 0 Å². The molecule has 1 rings (SSSR count). The monoisotopic (exact) mass is 247 g/mol. The van der Waals surface area contributed by atoms with Crippen LogP contribution in [0.3, 0.4) is 0 Å². The third-order valence-electron chi connectivity index (χ3n) is 1.64. The highest BCUT2D eigenvalue weighted by Gasteiger charge is 2.16. The molecule has 1 amide bonds. The fourth-order valence-electron chi connectivity index (χ4n) is 0.903. The zero-order valence-electron chi connectivity index (χ0n) is 7.78. The second kappa shape index (κ2) is 5.04. The first-order chi connectivity index (χ1) is 7.06. The molecule has 0 unspecified atom stereocenters. The van der Waals surface area contributed by atoms with E-state index in [0.717, 1.165) is 0 Å². The van der Waals surface area contributed by atoms with Crippen molar-refractivity contribution in [1.29, 1.82) is 0 Å². The zero-order chi connectivity index (χ0) is 11.4. The summed E-state index contributed by atoms with van der Waals surface area (Å²) in [6.07, 6.45) is 0.613. The third-order valence-corrected chi connectivity index (χ3v) is 2.11. The van der Waals surface area contributed by atoms with Gasteiger partial charge in [0.25, 0.3) is 5.91 Å². The molecule has 1 heterocycles. The minimum Gasteiger partial charge on any atom is -0.335 e. The van der Waals surface area contributed by atoms with Gasteiger partial charge in [-0.2, -0.15) is 0 Å². The molecule has 1 aromatic heterocycles. The van der Waals surface area contributed by atoms with Crippen LogP contribution in [0, 0.1) is 0 Å². The van der Waals surface area contributed by atoms with Gasteiger partial charge in [-0.15, -0.1) is 10.2 Å². The number of rotatable bonds is 3. The Labute approximate surface area is 96.0 Å². The van der Waals surface area contributed by atoms with Gasteiger partial charge in [-0.3, -0.25) is 4.79 Å². The van der Waals surface area contributed by atoms with Gasteiger partial charge in [0.2, 0.25) is 0 Å². The van der Waals surface area contributed by atoms with E-state index in [-0.39, 0.29) is 22.4 Å². The van der Waals surface area contributed by atoms with Crippen LogP contribution in [0.25, 0.3) is 0 Å². The van der Waals surface area contributed by atoms with Crippen molar-refractivity contribution in [2.75, 3.05) is 13.6 Å². The van der Waals surface area contributed by atoms with Crippen LogP contribution < -0.4 is 0 Å². The van der Waals surface area contributed by atoms with Crippen LogP contribution in [0.1, 0.15) is 10.4 Å². The standard InChI is InChI=1S/C8H7Cl2N3O2/c1-13(2-3-14)8(15)5-4-6(9)11-12-7(5)10/h3-4H,2H2,1H3. The van der Waals surface area contributed by atoms with Crippen molar-refractivity contribution < 1.29 is 9.59 Å². The van der Waals surface area contributed by atoms with Crippen LogP contribution in [0.2, 0.25) is 10.3 Å². The molecule has 0 aliphatic heterocycles. The summed E-state index contributed by atoms with van der Waals surface area (Å²) < 4.78 is 0. The van der Waals surface area contributed by atoms with E-state index in [2.05, 4.69) is 10.2 Å². The van der Waals surface area contributed by atoms with E-state index >= 15 is 0 Å². The average Bonchev–Trinajstić information content (AvgIpc) is 2.21. The quantitative estimate of drug-likeness (QED) is 0.750. The van der Waals surface area contributed by atoms with Crippen molar-refractivity contribution in [3.63, 3.8) is 0 Å². The van der Waals surface area contributed by atoms with Gasteiger partial charge >= 0.3 is 0 Å². The average molecular weight is 248 g/mol. The number of aldehydes is 1. The Balaban J connectivity index is 2.99. The lowest BCUT2D eigenvalue weighted by Crippen LogP contribution is -2.28. The van der Waals surface area contributed by atoms with E-state index in [1.807, 2.05) is 0 Å². The van der Waals surface area contributed by atoms with Crippen molar-refractivity contribution >= 4 is 35.4 Å². The number of aromatic nitrogens is 2. The minimum atomic E-state index is -0.427. The number of amides is 1. The summed E-state index contributed by atoms with van der Waals surface area (Å²) in [4.78, 5) is 23.1. The Morgan fingerprint density at radius 2 is 2.20 bits per heavy atom. The largest absolute Gasteiger partial charge is 0.335 e. The molecular weight excluding hydrogens is 241 g/mol. The van der Waals surface area contributed by atoms with Gasteiger partial charge in [0.05, 0.1) is 12.1 Å². The molecule has 0 aliphatic rings. The summed E-state index contributed by atoms with van der Waals surface area (Å²) in [5.74, 6) is -0.427. The second-order valence-electron chi connectivity index (χ2n) is 2.72. The maximum atomic E-state index is 11.7. The third kappa shape index (κ3) is 2.87. The topological polar surface area (TPSA) is 63.2 Å². The molecule has 80 valence electrons. The van der Waals surface area contributed by atoms with Gasteiger partial charge in [-0.05, 0) is 6.07 Å². The first-order valence-electron chi connectivity index (χ1n) is 3.94. The molecule has 0 spiro atoms. The fraction of sp³-hybridized carbons (Fsp3) is 0.250. The highest BCUT2D eigenvalue weighted by Crippen LogP contribution is 2.16. The second-order valence-corrected chi connectivity index (χ2v) is 3.47. The summed E-state index contributed by atoms with van der Waals surface area (Å²) in [7, 11) is 1.47. The number of hydrogen-bond donors (Lipinski definition) is 0. The van der Waals surface area contributed by atoms with Crippen molar-refractivity contribution in [2.45, 2.75) is 0 Å². The van der Waals surface area contributed by atoms with E-state index in [1.54, 1.807) is 0 Å². The van der Waals surface area contributed by atoms with E-state index in [4.69, 9.17) is 23.2 Å². The van der Waals surface area contributed by atoms with Gasteiger partial charge in [0, 0.05) is 7.05 Å². The van der Waals surface area contributed by atoms with E-state index in [9.17, 15) is 9.59 Å². The minimum absolute atomic E-state index is 0.0187. The molecule has 0 saturated heterocycles. The molecular formula is C8H7Cl2N3O2. The number of carbonyl (C=O) groups excluding carboxylic acids is 2. The fourth-order valence-corrected chi connectivity index (χ4v) is 1.22. The summed E-state index contributed by atoms with van der Waals surface area (Å²) in [6, 6.07) is 1.31. The first kappa shape index (κ1) is 11.9. The van der Waals surface area contributed by atoms with Gasteiger partial charge in [-0.1, -0.05) is 23.2 Å². The Kier molecular flexibility index (Phi) is 3.99. The van der Waals surface area contributed by atoms with Gasteiger partial charge < -0.3 is 9.69 Å². The molecule has 1 aromatic rings. The molecule has 0 aliphatic carbocycles. The molecule has 0 radical (unpaired) electrons. The van der Waals surface area contributed by atoms with Crippen LogP contribution in [-0.4, -0.2) is 40.9 Å². The first-order valence-corrected chi connectivity index (χ1v) is 4.69. The molecule has 0 atom stereocenters. The number of carbonyl (C=O) groups is 2. The molecule has 5 nitrogen and oxygen atoms in total. The van der Waals surface area contributed by atoms with Crippen LogP contribution in [-0.2, 0) is 4.79 Å². The SMILES string of the molecule is CN(CC=O)C(=O)c1cc(Cl)nnc1Cl. The summed E-state index contributed by atoms with van der Waals surface area (Å²) >= 11 is 11.2.